The van der Waals surface area contributed by atoms with Crippen LogP contribution in [-0.4, -0.2) is 68.2 Å². The van der Waals surface area contributed by atoms with E-state index in [4.69, 9.17) is 11.6 Å². The number of sulfonamides is 1. The number of piperazine rings is 1. The summed E-state index contributed by atoms with van der Waals surface area (Å²) in [4.78, 5) is 11.6. The molecular weight excluding hydrogens is 570 g/mol. The van der Waals surface area contributed by atoms with Gasteiger partial charge < -0.3 is 10.4 Å². The number of aromatic carboxylic acids is 1. The van der Waals surface area contributed by atoms with Crippen LogP contribution in [0.2, 0.25) is 0 Å². The summed E-state index contributed by atoms with van der Waals surface area (Å²) in [6, 6.07) is 11.7. The van der Waals surface area contributed by atoms with Crippen molar-refractivity contribution in [3.05, 3.63) is 58.7 Å². The molecule has 34 heavy (non-hydrogen) atoms. The number of rotatable bonds is 5. The first-order valence-corrected chi connectivity index (χ1v) is 14.4. The van der Waals surface area contributed by atoms with Gasteiger partial charge in [-0.1, -0.05) is 41.1 Å². The van der Waals surface area contributed by atoms with E-state index < -0.39 is 36.6 Å². The fourth-order valence-electron chi connectivity index (χ4n) is 3.61. The van der Waals surface area contributed by atoms with Gasteiger partial charge in [0, 0.05) is 41.9 Å². The maximum atomic E-state index is 13.5. The van der Waals surface area contributed by atoms with Crippen molar-refractivity contribution >= 4 is 64.4 Å². The summed E-state index contributed by atoms with van der Waals surface area (Å²) < 4.78 is 56.2. The van der Waals surface area contributed by atoms with Crippen LogP contribution in [0.15, 0.2) is 62.8 Å². The second-order valence-corrected chi connectivity index (χ2v) is 12.3. The number of halogens is 2. The van der Waals surface area contributed by atoms with Crippen molar-refractivity contribution in [2.24, 2.45) is 0 Å². The van der Waals surface area contributed by atoms with Crippen molar-refractivity contribution in [2.75, 3.05) is 32.1 Å². The molecular formula is C21H23BrClN3O6S2. The fourth-order valence-corrected chi connectivity index (χ4v) is 7.36. The molecule has 3 aromatic rings. The summed E-state index contributed by atoms with van der Waals surface area (Å²) in [7, 11) is -8.70. The van der Waals surface area contributed by atoms with E-state index in [0.717, 1.165) is 5.88 Å². The Bertz CT molecular complexity index is 1400. The lowest BCUT2D eigenvalue weighted by Gasteiger charge is -2.26. The van der Waals surface area contributed by atoms with Gasteiger partial charge in [0.2, 0.25) is 10.0 Å². The highest BCUT2D eigenvalue weighted by Crippen LogP contribution is 2.36. The normalized spacial score (nSPS) is 15.0. The SMILES string of the molecule is CCCl.O=C(O)c1c(S(=O)(=O)N2CCNCC2)c2cc(Br)ccc2n1S(=O)(=O)c1ccccc1. The molecule has 1 saturated heterocycles. The maximum Gasteiger partial charge on any atom is 0.355 e. The molecule has 0 aliphatic carbocycles. The van der Waals surface area contributed by atoms with Crippen LogP contribution in [0.25, 0.3) is 10.9 Å². The van der Waals surface area contributed by atoms with Gasteiger partial charge in [0.1, 0.15) is 4.90 Å². The van der Waals surface area contributed by atoms with Crippen LogP contribution >= 0.6 is 27.5 Å². The molecule has 2 heterocycles. The number of hydrogen-bond donors (Lipinski definition) is 2. The fraction of sp³-hybridized carbons (Fsp3) is 0.286. The molecule has 1 aliphatic rings. The predicted octanol–water partition coefficient (Wildman–Crippen LogP) is 3.18. The van der Waals surface area contributed by atoms with E-state index in [9.17, 15) is 26.7 Å². The average Bonchev–Trinajstić information content (AvgIpc) is 3.17. The Morgan fingerprint density at radius 1 is 1.06 bits per heavy atom. The molecule has 0 amide bonds. The summed E-state index contributed by atoms with van der Waals surface area (Å²) in [5.74, 6) is -0.930. The van der Waals surface area contributed by atoms with Gasteiger partial charge in [0.05, 0.1) is 10.4 Å². The lowest BCUT2D eigenvalue weighted by Crippen LogP contribution is -2.46. The van der Waals surface area contributed by atoms with Crippen LogP contribution in [0.4, 0.5) is 0 Å². The Hall–Kier alpha value is -1.96. The average molecular weight is 593 g/mol. The van der Waals surface area contributed by atoms with Gasteiger partial charge in [-0.3, -0.25) is 0 Å². The molecule has 2 N–H and O–H groups in total. The first kappa shape index (κ1) is 26.6. The van der Waals surface area contributed by atoms with E-state index >= 15 is 0 Å². The van der Waals surface area contributed by atoms with Crippen LogP contribution in [0.3, 0.4) is 0 Å². The number of aromatic nitrogens is 1. The molecule has 0 atom stereocenters. The summed E-state index contributed by atoms with van der Waals surface area (Å²) in [6.07, 6.45) is 0. The van der Waals surface area contributed by atoms with Crippen LogP contribution < -0.4 is 5.32 Å². The smallest absolute Gasteiger partial charge is 0.355 e. The lowest BCUT2D eigenvalue weighted by atomic mass is 10.2. The number of nitrogens with zero attached hydrogens (tertiary/aromatic N) is 2. The van der Waals surface area contributed by atoms with Gasteiger partial charge in [0.25, 0.3) is 10.0 Å². The minimum absolute atomic E-state index is 0.0183. The zero-order chi connectivity index (χ0) is 25.1. The molecule has 184 valence electrons. The molecule has 0 bridgehead atoms. The summed E-state index contributed by atoms with van der Waals surface area (Å²) >= 11 is 8.27. The number of alkyl halides is 1. The highest BCUT2D eigenvalue weighted by Gasteiger charge is 2.39. The number of carbonyl (C=O) groups is 1. The number of carboxylic acids is 1. The zero-order valence-corrected chi connectivity index (χ0v) is 22.1. The Labute approximate surface area is 211 Å². The van der Waals surface area contributed by atoms with Crippen molar-refractivity contribution in [1.29, 1.82) is 0 Å². The zero-order valence-electron chi connectivity index (χ0n) is 18.1. The third kappa shape index (κ3) is 5.02. The maximum absolute atomic E-state index is 13.5. The van der Waals surface area contributed by atoms with Gasteiger partial charge in [0.15, 0.2) is 5.69 Å². The number of benzene rings is 2. The quantitative estimate of drug-likeness (QED) is 0.436. The monoisotopic (exact) mass is 591 g/mol. The largest absolute Gasteiger partial charge is 0.477 e. The third-order valence-corrected chi connectivity index (χ3v) is 9.19. The first-order chi connectivity index (χ1) is 16.1. The van der Waals surface area contributed by atoms with Crippen LogP contribution in [0.1, 0.15) is 17.4 Å². The number of hydrogen-bond acceptors (Lipinski definition) is 6. The molecule has 0 spiro atoms. The van der Waals surface area contributed by atoms with Gasteiger partial charge in [-0.05, 0) is 30.3 Å². The Morgan fingerprint density at radius 2 is 1.65 bits per heavy atom. The second kappa shape index (κ2) is 10.8. The van der Waals surface area contributed by atoms with Crippen LogP contribution in [0.5, 0.6) is 0 Å². The van der Waals surface area contributed by atoms with Gasteiger partial charge in [-0.25, -0.2) is 25.6 Å². The highest BCUT2D eigenvalue weighted by atomic mass is 79.9. The summed E-state index contributed by atoms with van der Waals surface area (Å²) in [5.41, 5.74) is -0.839. The molecule has 1 fully saturated rings. The summed E-state index contributed by atoms with van der Waals surface area (Å²) in [5, 5.41) is 13.1. The van der Waals surface area contributed by atoms with E-state index in [0.29, 0.717) is 21.5 Å². The topological polar surface area (TPSA) is 126 Å². The number of carboxylic acid groups (broad SMARTS) is 1. The van der Waals surface area contributed by atoms with E-state index in [1.807, 2.05) is 6.92 Å². The van der Waals surface area contributed by atoms with Crippen molar-refractivity contribution in [3.8, 4) is 0 Å². The van der Waals surface area contributed by atoms with E-state index in [-0.39, 0.29) is 28.9 Å². The van der Waals surface area contributed by atoms with Gasteiger partial charge in [-0.15, -0.1) is 11.6 Å². The van der Waals surface area contributed by atoms with Crippen LogP contribution in [-0.2, 0) is 20.0 Å². The molecule has 4 rings (SSSR count). The summed E-state index contributed by atoms with van der Waals surface area (Å²) in [6.45, 7) is 3.00. The Balaban J connectivity index is 0.00000103. The first-order valence-electron chi connectivity index (χ1n) is 10.2. The van der Waals surface area contributed by atoms with E-state index in [1.165, 1.54) is 46.8 Å². The molecule has 1 aromatic heterocycles. The third-order valence-electron chi connectivity index (χ3n) is 5.00. The lowest BCUT2D eigenvalue weighted by molar-refractivity contribution is 0.0685. The molecule has 0 unspecified atom stereocenters. The van der Waals surface area contributed by atoms with Crippen molar-refractivity contribution in [3.63, 3.8) is 0 Å². The molecule has 0 saturated carbocycles. The van der Waals surface area contributed by atoms with E-state index in [2.05, 4.69) is 21.2 Å². The van der Waals surface area contributed by atoms with Gasteiger partial charge >= 0.3 is 5.97 Å². The van der Waals surface area contributed by atoms with Crippen molar-refractivity contribution < 1.29 is 26.7 Å². The highest BCUT2D eigenvalue weighted by molar-refractivity contribution is 9.10. The van der Waals surface area contributed by atoms with E-state index in [1.54, 1.807) is 6.07 Å². The number of fused-ring (bicyclic) bond motifs is 1. The predicted molar refractivity (Wildman–Crippen MR) is 134 cm³/mol. The van der Waals surface area contributed by atoms with Gasteiger partial charge in [-0.2, -0.15) is 4.31 Å². The Kier molecular flexibility index (Phi) is 8.43. The standard InChI is InChI=1S/C19H18BrN3O6S2.C2H5Cl/c20-13-6-7-16-15(12-13)18(31(28,29)22-10-8-21-9-11-22)17(19(24)25)23(16)30(26,27)14-4-2-1-3-5-14;1-2-3/h1-7,12,21H,8-11H2,(H,24,25);2H2,1H3. The molecule has 2 aromatic carbocycles. The molecule has 13 heteroatoms. The number of nitrogens with one attached hydrogen (secondary N) is 1. The van der Waals surface area contributed by atoms with Crippen LogP contribution in [0, 0.1) is 0 Å². The van der Waals surface area contributed by atoms with Crippen molar-refractivity contribution in [1.82, 2.24) is 13.6 Å². The Morgan fingerprint density at radius 3 is 2.21 bits per heavy atom. The minimum Gasteiger partial charge on any atom is -0.477 e. The molecule has 1 aliphatic heterocycles. The second-order valence-electron chi connectivity index (χ2n) is 7.15. The minimum atomic E-state index is -4.40. The van der Waals surface area contributed by atoms with Crippen molar-refractivity contribution in [2.45, 2.75) is 16.7 Å². The molecule has 9 nitrogen and oxygen atoms in total. The molecule has 0 radical (unpaired) electrons.